The lowest BCUT2D eigenvalue weighted by molar-refractivity contribution is -0.262. The molecule has 1 aliphatic heterocycles. The molecule has 0 spiro atoms. The molecule has 1 aliphatic rings. The van der Waals surface area contributed by atoms with Gasteiger partial charge in [0.2, 0.25) is 17.2 Å². The smallest absolute Gasteiger partial charge is 0.428 e. The number of carbonyl (C=O) groups excluding carboxylic acids is 1. The monoisotopic (exact) mass is 380 g/mol. The molecule has 0 amide bonds. The van der Waals surface area contributed by atoms with E-state index in [4.69, 9.17) is 14.2 Å². The Kier molecular flexibility index (Phi) is 5.21. The predicted octanol–water partition coefficient (Wildman–Crippen LogP) is 4.23. The molecule has 2 atom stereocenters. The van der Waals surface area contributed by atoms with Crippen molar-refractivity contribution < 1.29 is 41.0 Å². The standard InChI is InChI=1S/C17H17F5O4/c1-5-25-15(23)14-11(8(2)16(3,26-14)17(20,21)22)9-6-7-10(18)12(19)13(9)24-4/h6-8H,5H2,1-4H3/t8-,16-/m1/s1. The van der Waals surface area contributed by atoms with Crippen LogP contribution < -0.4 is 4.74 Å². The molecule has 26 heavy (non-hydrogen) atoms. The minimum atomic E-state index is -4.84. The molecule has 4 nitrogen and oxygen atoms in total. The van der Waals surface area contributed by atoms with Crippen LogP contribution in [-0.2, 0) is 14.3 Å². The van der Waals surface area contributed by atoms with Crippen molar-refractivity contribution in [1.82, 2.24) is 0 Å². The summed E-state index contributed by atoms with van der Waals surface area (Å²) in [5, 5.41) is 0. The third-order valence-corrected chi connectivity index (χ3v) is 4.39. The van der Waals surface area contributed by atoms with E-state index in [0.717, 1.165) is 26.2 Å². The molecule has 1 heterocycles. The topological polar surface area (TPSA) is 44.8 Å². The summed E-state index contributed by atoms with van der Waals surface area (Å²) in [6.07, 6.45) is -4.84. The van der Waals surface area contributed by atoms with Crippen LogP contribution in [0, 0.1) is 17.6 Å². The molecule has 0 saturated heterocycles. The molecule has 0 unspecified atom stereocenters. The average molecular weight is 380 g/mol. The van der Waals surface area contributed by atoms with Crippen LogP contribution in [0.2, 0.25) is 0 Å². The fourth-order valence-electron chi connectivity index (χ4n) is 2.78. The fraction of sp³-hybridized carbons (Fsp3) is 0.471. The van der Waals surface area contributed by atoms with Gasteiger partial charge in [-0.3, -0.25) is 0 Å². The zero-order valence-corrected chi connectivity index (χ0v) is 14.5. The van der Waals surface area contributed by atoms with Gasteiger partial charge in [0.25, 0.3) is 0 Å². The maximum Gasteiger partial charge on any atom is 0.428 e. The number of rotatable bonds is 4. The van der Waals surface area contributed by atoms with E-state index in [2.05, 4.69) is 0 Å². The highest BCUT2D eigenvalue weighted by Crippen LogP contribution is 2.53. The third kappa shape index (κ3) is 2.99. The summed E-state index contributed by atoms with van der Waals surface area (Å²) in [7, 11) is 1.04. The number of hydrogen-bond acceptors (Lipinski definition) is 4. The second kappa shape index (κ2) is 6.77. The summed E-state index contributed by atoms with van der Waals surface area (Å²) in [6.45, 7) is 3.31. The fourth-order valence-corrected chi connectivity index (χ4v) is 2.78. The van der Waals surface area contributed by atoms with Crippen LogP contribution in [0.1, 0.15) is 26.3 Å². The van der Waals surface area contributed by atoms with Crippen molar-refractivity contribution in [3.63, 3.8) is 0 Å². The molecule has 0 N–H and O–H groups in total. The molecular formula is C17H17F5O4. The van der Waals surface area contributed by atoms with Crippen LogP contribution in [0.3, 0.4) is 0 Å². The Hall–Kier alpha value is -2.32. The van der Waals surface area contributed by atoms with Gasteiger partial charge in [-0.2, -0.15) is 17.6 Å². The summed E-state index contributed by atoms with van der Waals surface area (Å²) in [5.74, 6) is -6.50. The van der Waals surface area contributed by atoms with Gasteiger partial charge in [-0.15, -0.1) is 0 Å². The number of methoxy groups -OCH3 is 1. The average Bonchev–Trinajstić information content (AvgIpc) is 2.83. The number of benzene rings is 1. The zero-order chi connectivity index (χ0) is 19.9. The summed E-state index contributed by atoms with van der Waals surface area (Å²) in [5.41, 5.74) is -3.23. The number of alkyl halides is 3. The van der Waals surface area contributed by atoms with Crippen LogP contribution in [0.25, 0.3) is 5.57 Å². The third-order valence-electron chi connectivity index (χ3n) is 4.39. The van der Waals surface area contributed by atoms with Gasteiger partial charge in [-0.05, 0) is 26.0 Å². The first-order valence-corrected chi connectivity index (χ1v) is 7.68. The molecule has 0 aliphatic carbocycles. The van der Waals surface area contributed by atoms with E-state index in [1.807, 2.05) is 0 Å². The second-order valence-electron chi connectivity index (χ2n) is 5.83. The predicted molar refractivity (Wildman–Crippen MR) is 81.2 cm³/mol. The van der Waals surface area contributed by atoms with Gasteiger partial charge in [-0.25, -0.2) is 9.18 Å². The van der Waals surface area contributed by atoms with Crippen molar-refractivity contribution in [1.29, 1.82) is 0 Å². The first-order chi connectivity index (χ1) is 12.0. The lowest BCUT2D eigenvalue weighted by Crippen LogP contribution is -2.47. The minimum Gasteiger partial charge on any atom is -0.493 e. The molecule has 1 aromatic rings. The second-order valence-corrected chi connectivity index (χ2v) is 5.83. The van der Waals surface area contributed by atoms with Gasteiger partial charge in [-0.1, -0.05) is 6.92 Å². The number of halogens is 5. The van der Waals surface area contributed by atoms with Gasteiger partial charge in [0.05, 0.1) is 13.7 Å². The number of ether oxygens (including phenoxy) is 3. The van der Waals surface area contributed by atoms with Crippen molar-refractivity contribution in [3.05, 3.63) is 35.1 Å². The van der Waals surface area contributed by atoms with E-state index in [0.29, 0.717) is 0 Å². The highest BCUT2D eigenvalue weighted by atomic mass is 19.4. The molecule has 9 heteroatoms. The number of esters is 1. The van der Waals surface area contributed by atoms with E-state index in [1.165, 1.54) is 13.8 Å². The van der Waals surface area contributed by atoms with Crippen LogP contribution in [0.5, 0.6) is 5.75 Å². The van der Waals surface area contributed by atoms with E-state index in [1.54, 1.807) is 0 Å². The van der Waals surface area contributed by atoms with Crippen molar-refractivity contribution in [2.75, 3.05) is 13.7 Å². The first kappa shape index (κ1) is 20.0. The van der Waals surface area contributed by atoms with E-state index in [-0.39, 0.29) is 17.7 Å². The van der Waals surface area contributed by atoms with Crippen LogP contribution >= 0.6 is 0 Å². The van der Waals surface area contributed by atoms with Gasteiger partial charge in [0, 0.05) is 17.1 Å². The Morgan fingerprint density at radius 2 is 1.92 bits per heavy atom. The van der Waals surface area contributed by atoms with E-state index >= 15 is 0 Å². The Balaban J connectivity index is 2.73. The minimum absolute atomic E-state index is 0.106. The number of carbonyl (C=O) groups is 1. The Morgan fingerprint density at radius 3 is 2.42 bits per heavy atom. The van der Waals surface area contributed by atoms with Crippen molar-refractivity contribution in [2.45, 2.75) is 32.5 Å². The van der Waals surface area contributed by atoms with Gasteiger partial charge >= 0.3 is 12.1 Å². The molecule has 2 rings (SSSR count). The maximum absolute atomic E-state index is 14.0. The van der Waals surface area contributed by atoms with Crippen molar-refractivity contribution in [2.24, 2.45) is 5.92 Å². The van der Waals surface area contributed by atoms with Crippen molar-refractivity contribution >= 4 is 11.5 Å². The Bertz CT molecular complexity index is 756. The largest absolute Gasteiger partial charge is 0.493 e. The van der Waals surface area contributed by atoms with Crippen LogP contribution in [-0.4, -0.2) is 31.5 Å². The normalized spacial score (nSPS) is 23.0. The van der Waals surface area contributed by atoms with Crippen molar-refractivity contribution in [3.8, 4) is 5.75 Å². The lowest BCUT2D eigenvalue weighted by atomic mass is 9.82. The first-order valence-electron chi connectivity index (χ1n) is 7.68. The van der Waals surface area contributed by atoms with Gasteiger partial charge in [0.1, 0.15) is 0 Å². The molecule has 144 valence electrons. The summed E-state index contributed by atoms with van der Waals surface area (Å²) < 4.78 is 82.8. The van der Waals surface area contributed by atoms with Crippen LogP contribution in [0.15, 0.2) is 17.9 Å². The van der Waals surface area contributed by atoms with Gasteiger partial charge < -0.3 is 14.2 Å². The summed E-state index contributed by atoms with van der Waals surface area (Å²) >= 11 is 0. The quantitative estimate of drug-likeness (QED) is 0.579. The molecular weight excluding hydrogens is 363 g/mol. The Labute approximate surface area is 146 Å². The maximum atomic E-state index is 14.0. The molecule has 0 radical (unpaired) electrons. The molecule has 1 aromatic carbocycles. The number of hydrogen-bond donors (Lipinski definition) is 0. The SMILES string of the molecule is CCOC(=O)C1=C(c2ccc(F)c(F)c2OC)[C@@H](C)[C@](C)(C(F)(F)F)O1. The molecule has 0 fully saturated rings. The summed E-state index contributed by atoms with van der Waals surface area (Å²) in [4.78, 5) is 12.2. The Morgan fingerprint density at radius 1 is 1.31 bits per heavy atom. The van der Waals surface area contributed by atoms with Gasteiger partial charge in [0.15, 0.2) is 11.6 Å². The van der Waals surface area contributed by atoms with Crippen LogP contribution in [0.4, 0.5) is 22.0 Å². The molecule has 0 saturated carbocycles. The van der Waals surface area contributed by atoms with E-state index in [9.17, 15) is 26.7 Å². The lowest BCUT2D eigenvalue weighted by Gasteiger charge is -2.32. The molecule has 0 bridgehead atoms. The highest BCUT2D eigenvalue weighted by molar-refractivity contribution is 5.98. The highest BCUT2D eigenvalue weighted by Gasteiger charge is 2.63. The summed E-state index contributed by atoms with van der Waals surface area (Å²) in [6, 6.07) is 1.77. The zero-order valence-electron chi connectivity index (χ0n) is 14.5. The molecule has 0 aromatic heterocycles. The van der Waals surface area contributed by atoms with E-state index < -0.39 is 46.8 Å².